The monoisotopic (exact) mass is 550 g/mol. The van der Waals surface area contributed by atoms with E-state index in [4.69, 9.17) is 19.6 Å². The molecule has 4 heterocycles. The number of hydrogen-bond acceptors (Lipinski definition) is 7. The highest BCUT2D eigenvalue weighted by molar-refractivity contribution is 7.85. The Morgan fingerprint density at radius 1 is 1.15 bits per heavy atom. The Labute approximate surface area is 232 Å². The fourth-order valence-electron chi connectivity index (χ4n) is 5.90. The van der Waals surface area contributed by atoms with Crippen molar-refractivity contribution >= 4 is 39.7 Å². The normalized spacial score (nSPS) is 22.1. The highest BCUT2D eigenvalue weighted by Crippen LogP contribution is 2.43. The van der Waals surface area contributed by atoms with Crippen LogP contribution in [0.2, 0.25) is 0 Å². The Morgan fingerprint density at radius 3 is 2.59 bits per heavy atom. The zero-order valence-electron chi connectivity index (χ0n) is 23.1. The molecule has 1 spiro atoms. The van der Waals surface area contributed by atoms with E-state index in [0.29, 0.717) is 11.8 Å². The number of pyridine rings is 1. The number of carbonyl (C=O) groups is 1. The number of rotatable bonds is 3. The Kier molecular flexibility index (Phi) is 7.68. The molecule has 1 aromatic heterocycles. The third-order valence-electron chi connectivity index (χ3n) is 7.75. The lowest BCUT2D eigenvalue weighted by Crippen LogP contribution is -2.59. The topological polar surface area (TPSA) is 95.0 Å². The van der Waals surface area contributed by atoms with Crippen molar-refractivity contribution in [2.75, 3.05) is 48.4 Å². The number of carboxylic acid groups (broad SMARTS) is 1. The molecular weight excluding hydrogens is 512 g/mol. The molecule has 6 rings (SSSR count). The van der Waals surface area contributed by atoms with Gasteiger partial charge in [-0.15, -0.1) is 0 Å². The summed E-state index contributed by atoms with van der Waals surface area (Å²) in [4.78, 5) is 19.3. The average molecular weight is 551 g/mol. The highest BCUT2D eigenvalue weighted by Gasteiger charge is 2.53. The van der Waals surface area contributed by atoms with E-state index in [9.17, 15) is 4.21 Å². The largest absolute Gasteiger partial charge is 0.483 e. The number of benzene rings is 2. The molecule has 3 aliphatic rings. The molecular formula is C30H38N4O4S. The number of nitrogens with zero attached hydrogens (tertiary/aromatic N) is 3. The Hall–Kier alpha value is -3.01. The van der Waals surface area contributed by atoms with Crippen molar-refractivity contribution in [2.24, 2.45) is 5.41 Å². The predicted octanol–water partition coefficient (Wildman–Crippen LogP) is 3.97. The minimum Gasteiger partial charge on any atom is -0.483 e. The predicted molar refractivity (Wildman–Crippen MR) is 156 cm³/mol. The second kappa shape index (κ2) is 10.9. The number of anilines is 2. The summed E-state index contributed by atoms with van der Waals surface area (Å²) in [5, 5.41) is 12.0. The first kappa shape index (κ1) is 27.6. The molecule has 8 nitrogen and oxygen atoms in total. The van der Waals surface area contributed by atoms with Gasteiger partial charge in [0.05, 0.1) is 34.9 Å². The van der Waals surface area contributed by atoms with Crippen molar-refractivity contribution in [3.05, 3.63) is 59.7 Å². The summed E-state index contributed by atoms with van der Waals surface area (Å²) in [6.07, 6.45) is 0. The molecule has 0 radical (unpaired) electrons. The maximum Gasteiger partial charge on any atom is 0.290 e. The molecule has 2 saturated heterocycles. The van der Waals surface area contributed by atoms with E-state index in [-0.39, 0.29) is 17.4 Å². The van der Waals surface area contributed by atoms with E-state index in [1.165, 1.54) is 16.6 Å². The molecule has 0 amide bonds. The summed E-state index contributed by atoms with van der Waals surface area (Å²) < 4.78 is 18.7. The van der Waals surface area contributed by atoms with E-state index in [2.05, 4.69) is 73.1 Å². The molecule has 3 aliphatic heterocycles. The lowest BCUT2D eigenvalue weighted by atomic mass is 9.80. The summed E-state index contributed by atoms with van der Waals surface area (Å²) >= 11 is 0. The van der Waals surface area contributed by atoms with Crippen molar-refractivity contribution in [2.45, 2.75) is 50.7 Å². The quantitative estimate of drug-likeness (QED) is 0.473. The molecule has 9 heteroatoms. The SMILES string of the molecule is Cc1ccc2nc(N3CCS(=O)c4ccccc4C3)cc(N3CC(NC(C)(C)C)C4(COC4)C3)c2c1.O=CO. The molecule has 2 N–H and O–H groups in total. The first-order chi connectivity index (χ1) is 18.6. The van der Waals surface area contributed by atoms with Gasteiger partial charge < -0.3 is 25.0 Å². The average Bonchev–Trinajstić information content (AvgIpc) is 3.15. The molecule has 0 aliphatic carbocycles. The van der Waals surface area contributed by atoms with Gasteiger partial charge in [0.25, 0.3) is 6.47 Å². The Morgan fingerprint density at radius 2 is 1.90 bits per heavy atom. The van der Waals surface area contributed by atoms with Gasteiger partial charge in [-0.3, -0.25) is 9.00 Å². The number of aryl methyl sites for hydroxylation is 1. The Balaban J connectivity index is 0.000000983. The fourth-order valence-corrected chi connectivity index (χ4v) is 7.16. The molecule has 0 bridgehead atoms. The van der Waals surface area contributed by atoms with E-state index in [1.54, 1.807) is 0 Å². The summed E-state index contributed by atoms with van der Waals surface area (Å²) in [5.74, 6) is 1.57. The first-order valence-electron chi connectivity index (χ1n) is 13.4. The van der Waals surface area contributed by atoms with Crippen LogP contribution in [-0.4, -0.2) is 71.0 Å². The first-order valence-corrected chi connectivity index (χ1v) is 14.8. The zero-order chi connectivity index (χ0) is 27.8. The maximum atomic E-state index is 12.9. The minimum absolute atomic E-state index is 0.0421. The molecule has 0 saturated carbocycles. The van der Waals surface area contributed by atoms with Gasteiger partial charge in [0, 0.05) is 65.5 Å². The van der Waals surface area contributed by atoms with E-state index < -0.39 is 10.8 Å². The smallest absolute Gasteiger partial charge is 0.290 e. The number of aromatic nitrogens is 1. The maximum absolute atomic E-state index is 12.9. The van der Waals surface area contributed by atoms with Crippen LogP contribution in [0.15, 0.2) is 53.4 Å². The summed E-state index contributed by atoms with van der Waals surface area (Å²) in [5.41, 5.74) is 4.80. The van der Waals surface area contributed by atoms with Crippen LogP contribution < -0.4 is 15.1 Å². The molecule has 2 fully saturated rings. The van der Waals surface area contributed by atoms with Crippen molar-refractivity contribution in [1.82, 2.24) is 10.3 Å². The van der Waals surface area contributed by atoms with Gasteiger partial charge in [-0.2, -0.15) is 0 Å². The van der Waals surface area contributed by atoms with Gasteiger partial charge in [-0.1, -0.05) is 29.8 Å². The van der Waals surface area contributed by atoms with Gasteiger partial charge >= 0.3 is 0 Å². The van der Waals surface area contributed by atoms with Crippen molar-refractivity contribution < 1.29 is 18.8 Å². The van der Waals surface area contributed by atoms with Crippen LogP contribution in [0.25, 0.3) is 10.9 Å². The highest BCUT2D eigenvalue weighted by atomic mass is 32.2. The third kappa shape index (κ3) is 5.66. The van der Waals surface area contributed by atoms with Crippen LogP contribution in [0.3, 0.4) is 0 Å². The third-order valence-corrected chi connectivity index (χ3v) is 9.20. The van der Waals surface area contributed by atoms with E-state index in [0.717, 1.165) is 61.2 Å². The van der Waals surface area contributed by atoms with Crippen molar-refractivity contribution in [1.29, 1.82) is 0 Å². The Bertz CT molecular complexity index is 1390. The van der Waals surface area contributed by atoms with Crippen LogP contribution in [-0.2, 0) is 26.9 Å². The summed E-state index contributed by atoms with van der Waals surface area (Å²) in [6, 6.07) is 17.3. The number of hydrogen-bond donors (Lipinski definition) is 2. The standard InChI is InChI=1S/C29H36N4O2S.CH2O2/c1-20-9-10-23-22(13-20)24(33-16-26(31-28(2,3)4)29(17-33)18-35-19-29)14-27(30-23)32-11-12-36(34)25-8-6-5-7-21(25)15-32;2-1-3/h5-10,13-14,26,31H,11-12,15-19H2,1-4H3;1H,(H,2,3). The van der Waals surface area contributed by atoms with E-state index in [1.807, 2.05) is 18.2 Å². The zero-order valence-corrected chi connectivity index (χ0v) is 24.0. The molecule has 2 aromatic carbocycles. The van der Waals surface area contributed by atoms with Crippen LogP contribution in [0.4, 0.5) is 11.5 Å². The van der Waals surface area contributed by atoms with Crippen LogP contribution in [0.1, 0.15) is 31.9 Å². The van der Waals surface area contributed by atoms with Gasteiger partial charge in [0.1, 0.15) is 5.82 Å². The second-order valence-corrected chi connectivity index (χ2v) is 13.4. The summed E-state index contributed by atoms with van der Waals surface area (Å²) in [6.45, 7) is 13.6. The van der Waals surface area contributed by atoms with Gasteiger partial charge in [0.15, 0.2) is 0 Å². The van der Waals surface area contributed by atoms with Crippen LogP contribution in [0, 0.1) is 12.3 Å². The van der Waals surface area contributed by atoms with Crippen LogP contribution in [0.5, 0.6) is 0 Å². The van der Waals surface area contributed by atoms with Gasteiger partial charge in [0.2, 0.25) is 0 Å². The minimum atomic E-state index is -0.985. The number of nitrogens with one attached hydrogen (secondary N) is 1. The molecule has 39 heavy (non-hydrogen) atoms. The summed E-state index contributed by atoms with van der Waals surface area (Å²) in [7, 11) is -0.985. The van der Waals surface area contributed by atoms with Crippen LogP contribution >= 0.6 is 0 Å². The molecule has 2 atom stereocenters. The van der Waals surface area contributed by atoms with Crippen molar-refractivity contribution in [3.63, 3.8) is 0 Å². The molecule has 2 unspecified atom stereocenters. The number of fused-ring (bicyclic) bond motifs is 2. The second-order valence-electron chi connectivity index (χ2n) is 11.9. The fraction of sp³-hybridized carbons (Fsp3) is 0.467. The number of ether oxygens (including phenoxy) is 1. The van der Waals surface area contributed by atoms with Gasteiger partial charge in [-0.25, -0.2) is 4.98 Å². The van der Waals surface area contributed by atoms with Gasteiger partial charge in [-0.05, 0) is 51.5 Å². The lowest BCUT2D eigenvalue weighted by molar-refractivity contribution is -0.122. The van der Waals surface area contributed by atoms with Crippen molar-refractivity contribution in [3.8, 4) is 0 Å². The van der Waals surface area contributed by atoms with E-state index >= 15 is 0 Å². The molecule has 3 aromatic rings. The molecule has 208 valence electrons. The lowest BCUT2D eigenvalue weighted by Gasteiger charge is -2.44.